The van der Waals surface area contributed by atoms with Crippen LogP contribution >= 0.6 is 0 Å². The normalized spacial score (nSPS) is 26.9. The topological polar surface area (TPSA) is 80.9 Å². The van der Waals surface area contributed by atoms with Crippen LogP contribution in [0.4, 0.5) is 0 Å². The predicted molar refractivity (Wildman–Crippen MR) is 106 cm³/mol. The first kappa shape index (κ1) is 23.1. The minimum absolute atomic E-state index is 0.0828. The molecule has 0 aromatic heterocycles. The molecule has 28 heavy (non-hydrogen) atoms. The highest BCUT2D eigenvalue weighted by atomic mass is 16.7. The molecule has 1 saturated heterocycles. The van der Waals surface area contributed by atoms with Crippen molar-refractivity contribution in [2.45, 2.75) is 77.7 Å². The van der Waals surface area contributed by atoms with Gasteiger partial charge in [0.15, 0.2) is 17.7 Å². The minimum Gasteiger partial charge on any atom is -0.385 e. The summed E-state index contributed by atoms with van der Waals surface area (Å²) >= 11 is 0. The molecule has 6 nitrogen and oxygen atoms in total. The van der Waals surface area contributed by atoms with Crippen molar-refractivity contribution in [3.8, 4) is 6.07 Å². The van der Waals surface area contributed by atoms with Crippen LogP contribution in [0.25, 0.3) is 0 Å². The van der Waals surface area contributed by atoms with Crippen LogP contribution in [0.1, 0.15) is 53.9 Å². The molecule has 0 amide bonds. The van der Waals surface area contributed by atoms with Crippen LogP contribution in [0, 0.1) is 23.2 Å². The molecule has 5 atom stereocenters. The first-order valence-corrected chi connectivity index (χ1v) is 10.2. The van der Waals surface area contributed by atoms with E-state index in [1.807, 2.05) is 27.7 Å². The second-order valence-electron chi connectivity index (χ2n) is 8.10. The van der Waals surface area contributed by atoms with E-state index in [9.17, 15) is 10.4 Å². The molecule has 1 heterocycles. The molecule has 0 aromatic carbocycles. The van der Waals surface area contributed by atoms with Gasteiger partial charge in [0.05, 0.1) is 13.2 Å². The summed E-state index contributed by atoms with van der Waals surface area (Å²) in [6.07, 6.45) is 2.07. The second-order valence-corrected chi connectivity index (χ2v) is 8.10. The molecule has 2 rings (SSSR count). The van der Waals surface area contributed by atoms with Crippen LogP contribution in [-0.2, 0) is 18.9 Å². The average Bonchev–Trinajstić information content (AvgIpc) is 3.09. The summed E-state index contributed by atoms with van der Waals surface area (Å²) < 4.78 is 23.5. The fraction of sp³-hybridized carbons (Fsp3) is 0.773. The van der Waals surface area contributed by atoms with Crippen molar-refractivity contribution in [3.63, 3.8) is 0 Å². The zero-order valence-electron chi connectivity index (χ0n) is 17.9. The van der Waals surface area contributed by atoms with Gasteiger partial charge in [-0.1, -0.05) is 30.7 Å². The molecule has 2 fully saturated rings. The molecule has 1 spiro atoms. The third kappa shape index (κ3) is 4.84. The number of allylic oxidation sites excluding steroid dienone is 2. The Balaban J connectivity index is 2.38. The van der Waals surface area contributed by atoms with E-state index in [4.69, 9.17) is 18.9 Å². The highest BCUT2D eigenvalue weighted by molar-refractivity contribution is 5.22. The van der Waals surface area contributed by atoms with Crippen molar-refractivity contribution in [1.29, 1.82) is 5.26 Å². The van der Waals surface area contributed by atoms with Crippen LogP contribution in [0.2, 0.25) is 0 Å². The van der Waals surface area contributed by atoms with Gasteiger partial charge < -0.3 is 24.1 Å². The second kappa shape index (κ2) is 9.51. The van der Waals surface area contributed by atoms with Crippen LogP contribution in [0.15, 0.2) is 23.8 Å². The van der Waals surface area contributed by atoms with Gasteiger partial charge in [0, 0.05) is 25.4 Å². The monoisotopic (exact) mass is 393 g/mol. The first-order chi connectivity index (χ1) is 13.2. The van der Waals surface area contributed by atoms with Gasteiger partial charge in [-0.05, 0) is 40.0 Å². The Morgan fingerprint density at radius 2 is 2.07 bits per heavy atom. The van der Waals surface area contributed by atoms with Gasteiger partial charge in [-0.25, -0.2) is 0 Å². The van der Waals surface area contributed by atoms with E-state index in [0.29, 0.717) is 26.2 Å². The lowest BCUT2D eigenvalue weighted by molar-refractivity contribution is -0.231. The summed E-state index contributed by atoms with van der Waals surface area (Å²) in [7, 11) is 0. The molecule has 1 aliphatic heterocycles. The Labute approximate surface area is 169 Å². The van der Waals surface area contributed by atoms with Crippen molar-refractivity contribution >= 4 is 0 Å². The number of aliphatic hydroxyl groups excluding tert-OH is 1. The molecular weight excluding hydrogens is 358 g/mol. The third-order valence-corrected chi connectivity index (χ3v) is 5.84. The standard InChI is InChI=1S/C22H35NO5/c1-7-25-18(6)28-22(14-23,20(24)12-15(2)3)17(5)19-13-21(9-8-16(19)4)26-10-11-27-21/h12,17-20,24H,4,7-11,13H2,1-3,5-6H3/t17-,18?,19-,20?,22?/m0/s1. The Hall–Kier alpha value is -1.23. The van der Waals surface area contributed by atoms with Gasteiger partial charge >= 0.3 is 0 Å². The van der Waals surface area contributed by atoms with Crippen molar-refractivity contribution in [3.05, 3.63) is 23.8 Å². The van der Waals surface area contributed by atoms with Crippen molar-refractivity contribution < 1.29 is 24.1 Å². The van der Waals surface area contributed by atoms with Gasteiger partial charge in [0.2, 0.25) is 0 Å². The zero-order chi connectivity index (χ0) is 20.9. The lowest BCUT2D eigenvalue weighted by atomic mass is 9.67. The van der Waals surface area contributed by atoms with Gasteiger partial charge in [-0.15, -0.1) is 0 Å². The Bertz CT molecular complexity index is 615. The largest absolute Gasteiger partial charge is 0.385 e. The third-order valence-electron chi connectivity index (χ3n) is 5.84. The quantitative estimate of drug-likeness (QED) is 0.500. The number of aliphatic hydroxyl groups is 1. The van der Waals surface area contributed by atoms with Gasteiger partial charge in [0.1, 0.15) is 12.2 Å². The van der Waals surface area contributed by atoms with E-state index in [2.05, 4.69) is 12.6 Å². The van der Waals surface area contributed by atoms with Crippen LogP contribution < -0.4 is 0 Å². The average molecular weight is 394 g/mol. The first-order valence-electron chi connectivity index (χ1n) is 10.2. The molecule has 2 aliphatic rings. The maximum Gasteiger partial charge on any atom is 0.189 e. The van der Waals surface area contributed by atoms with E-state index in [1.165, 1.54) is 0 Å². The van der Waals surface area contributed by atoms with Crippen molar-refractivity contribution in [1.82, 2.24) is 0 Å². The highest BCUT2D eigenvalue weighted by Gasteiger charge is 2.53. The van der Waals surface area contributed by atoms with Crippen molar-refractivity contribution in [2.24, 2.45) is 11.8 Å². The summed E-state index contributed by atoms with van der Waals surface area (Å²) in [6, 6.07) is 2.29. The molecule has 0 radical (unpaired) electrons. The molecule has 6 heteroatoms. The smallest absolute Gasteiger partial charge is 0.189 e. The Kier molecular flexibility index (Phi) is 7.83. The van der Waals surface area contributed by atoms with Crippen molar-refractivity contribution in [2.75, 3.05) is 19.8 Å². The van der Waals surface area contributed by atoms with E-state index < -0.39 is 23.8 Å². The number of hydrogen-bond donors (Lipinski definition) is 1. The lowest BCUT2D eigenvalue weighted by Gasteiger charge is -2.46. The van der Waals surface area contributed by atoms with Crippen LogP contribution in [0.5, 0.6) is 0 Å². The molecule has 1 N–H and O–H groups in total. The molecule has 0 bridgehead atoms. The molecule has 0 aromatic rings. The molecule has 1 aliphatic carbocycles. The number of hydrogen-bond acceptors (Lipinski definition) is 6. The minimum atomic E-state index is -1.48. The summed E-state index contributed by atoms with van der Waals surface area (Å²) in [5.41, 5.74) is 0.471. The van der Waals surface area contributed by atoms with Gasteiger partial charge in [-0.2, -0.15) is 5.26 Å². The van der Waals surface area contributed by atoms with Crippen LogP contribution in [0.3, 0.4) is 0 Å². The maximum atomic E-state index is 11.0. The van der Waals surface area contributed by atoms with Gasteiger partial charge in [0.25, 0.3) is 0 Å². The van der Waals surface area contributed by atoms with Gasteiger partial charge in [-0.3, -0.25) is 0 Å². The molecule has 3 unspecified atom stereocenters. The number of nitriles is 1. The Morgan fingerprint density at radius 3 is 2.61 bits per heavy atom. The molecule has 158 valence electrons. The SMILES string of the molecule is C=C1CCC2(C[C@@H]1[C@H](C)C(C#N)(OC(C)OCC)C(O)C=C(C)C)OCCO2. The Morgan fingerprint density at radius 1 is 1.43 bits per heavy atom. The fourth-order valence-electron chi connectivity index (χ4n) is 4.33. The summed E-state index contributed by atoms with van der Waals surface area (Å²) in [5, 5.41) is 21.2. The highest BCUT2D eigenvalue weighted by Crippen LogP contribution is 2.47. The number of ether oxygens (including phenoxy) is 4. The molecular formula is C22H35NO5. The summed E-state index contributed by atoms with van der Waals surface area (Å²) in [5.74, 6) is -1.04. The molecule has 1 saturated carbocycles. The predicted octanol–water partition coefficient (Wildman–Crippen LogP) is 3.71. The summed E-state index contributed by atoms with van der Waals surface area (Å²) in [6.45, 7) is 15.2. The maximum absolute atomic E-state index is 11.0. The van der Waals surface area contributed by atoms with E-state index in [0.717, 1.165) is 24.0 Å². The van der Waals surface area contributed by atoms with E-state index in [-0.39, 0.29) is 11.8 Å². The van der Waals surface area contributed by atoms with E-state index in [1.54, 1.807) is 13.0 Å². The number of nitrogens with zero attached hydrogens (tertiary/aromatic N) is 1. The zero-order valence-corrected chi connectivity index (χ0v) is 17.9. The van der Waals surface area contributed by atoms with Crippen LogP contribution in [-0.4, -0.2) is 48.7 Å². The number of rotatable bonds is 8. The lowest BCUT2D eigenvalue weighted by Crippen LogP contribution is -2.54. The fourth-order valence-corrected chi connectivity index (χ4v) is 4.33. The summed E-state index contributed by atoms with van der Waals surface area (Å²) in [4.78, 5) is 0. The van der Waals surface area contributed by atoms with E-state index >= 15 is 0 Å².